The molecule has 0 saturated carbocycles. The summed E-state index contributed by atoms with van der Waals surface area (Å²) in [4.78, 5) is 27.3. The van der Waals surface area contributed by atoms with E-state index in [2.05, 4.69) is 4.99 Å². The van der Waals surface area contributed by atoms with Crippen LogP contribution in [0.5, 0.6) is 5.75 Å². The van der Waals surface area contributed by atoms with Gasteiger partial charge in [-0.2, -0.15) is 5.26 Å². The molecule has 3 rings (SSSR count). The number of hydrogen-bond acceptors (Lipinski definition) is 6. The number of rotatable bonds is 1. The molecule has 0 fully saturated rings. The molecule has 1 aromatic carbocycles. The fourth-order valence-electron chi connectivity index (χ4n) is 2.45. The lowest BCUT2D eigenvalue weighted by Crippen LogP contribution is -2.38. The van der Waals surface area contributed by atoms with E-state index in [9.17, 15) is 14.9 Å². The maximum Gasteiger partial charge on any atom is 0.287 e. The van der Waals surface area contributed by atoms with Crippen molar-refractivity contribution in [2.45, 2.75) is 19.6 Å². The average molecular weight is 359 g/mol. The number of nitro groups is 1. The molecule has 0 radical (unpaired) electrons. The van der Waals surface area contributed by atoms with E-state index in [1.807, 2.05) is 6.07 Å². The zero-order valence-electron chi connectivity index (χ0n) is 13.2. The van der Waals surface area contributed by atoms with Crippen LogP contribution in [-0.4, -0.2) is 21.1 Å². The van der Waals surface area contributed by atoms with Crippen LogP contribution in [-0.2, 0) is 0 Å². The molecule has 0 bridgehead atoms. The van der Waals surface area contributed by atoms with E-state index >= 15 is 0 Å². The molecule has 2 aromatic rings. The molecule has 8 nitrogen and oxygen atoms in total. The Morgan fingerprint density at radius 3 is 2.76 bits per heavy atom. The van der Waals surface area contributed by atoms with E-state index in [1.165, 1.54) is 6.07 Å². The standard InChI is InChI=1S/C16H11ClN4O4/c1-16(2)19-14(11-5-9(7-18)3-4-13(11)25-16)20-8-10(21(23)24)6-12(17)15(20)22/h3-6,8H,1-2H3. The van der Waals surface area contributed by atoms with Crippen LogP contribution in [0.2, 0.25) is 5.02 Å². The third-order valence-electron chi connectivity index (χ3n) is 3.48. The molecule has 0 N–H and O–H groups in total. The maximum atomic E-state index is 12.4. The summed E-state index contributed by atoms with van der Waals surface area (Å²) < 4.78 is 6.74. The second-order valence-electron chi connectivity index (χ2n) is 5.79. The third-order valence-corrected chi connectivity index (χ3v) is 3.75. The predicted molar refractivity (Wildman–Crippen MR) is 90.2 cm³/mol. The highest BCUT2D eigenvalue weighted by molar-refractivity contribution is 6.30. The summed E-state index contributed by atoms with van der Waals surface area (Å²) in [5.41, 5.74) is -1.31. The van der Waals surface area contributed by atoms with Crippen molar-refractivity contribution >= 4 is 23.1 Å². The molecule has 25 heavy (non-hydrogen) atoms. The first-order valence-electron chi connectivity index (χ1n) is 7.12. The summed E-state index contributed by atoms with van der Waals surface area (Å²) in [6, 6.07) is 7.64. The molecule has 0 amide bonds. The summed E-state index contributed by atoms with van der Waals surface area (Å²) in [6.45, 7) is 3.36. The molecular weight excluding hydrogens is 348 g/mol. The van der Waals surface area contributed by atoms with E-state index in [-0.39, 0.29) is 16.5 Å². The Morgan fingerprint density at radius 1 is 1.40 bits per heavy atom. The Hall–Kier alpha value is -3.18. The minimum Gasteiger partial charge on any atom is -0.466 e. The number of hydrogen-bond donors (Lipinski definition) is 0. The molecule has 126 valence electrons. The van der Waals surface area contributed by atoms with Crippen molar-refractivity contribution in [3.63, 3.8) is 0 Å². The fraction of sp³-hybridized carbons (Fsp3) is 0.188. The van der Waals surface area contributed by atoms with Crippen molar-refractivity contribution in [2.75, 3.05) is 0 Å². The van der Waals surface area contributed by atoms with Crippen molar-refractivity contribution in [3.8, 4) is 11.8 Å². The Labute approximate surface area is 146 Å². The summed E-state index contributed by atoms with van der Waals surface area (Å²) in [5.74, 6) is 0.530. The maximum absolute atomic E-state index is 12.4. The number of ether oxygens (including phenoxy) is 1. The van der Waals surface area contributed by atoms with Crippen LogP contribution in [0.15, 0.2) is 40.2 Å². The average Bonchev–Trinajstić information content (AvgIpc) is 2.55. The largest absolute Gasteiger partial charge is 0.466 e. The minimum absolute atomic E-state index is 0.124. The normalized spacial score (nSPS) is 14.7. The third kappa shape index (κ3) is 2.97. The van der Waals surface area contributed by atoms with Gasteiger partial charge >= 0.3 is 0 Å². The van der Waals surface area contributed by atoms with Crippen LogP contribution in [0.1, 0.15) is 25.0 Å². The second kappa shape index (κ2) is 5.72. The minimum atomic E-state index is -1.01. The molecule has 1 aromatic heterocycles. The number of aromatic nitrogens is 1. The van der Waals surface area contributed by atoms with Crippen LogP contribution in [0.4, 0.5) is 5.69 Å². The highest BCUT2D eigenvalue weighted by Crippen LogP contribution is 2.31. The van der Waals surface area contributed by atoms with Gasteiger partial charge in [-0.1, -0.05) is 11.6 Å². The summed E-state index contributed by atoms with van der Waals surface area (Å²) in [7, 11) is 0. The van der Waals surface area contributed by atoms with Crippen LogP contribution in [0, 0.1) is 21.4 Å². The van der Waals surface area contributed by atoms with Gasteiger partial charge in [0.25, 0.3) is 11.2 Å². The molecular formula is C16H11ClN4O4. The highest BCUT2D eigenvalue weighted by atomic mass is 35.5. The molecule has 0 aliphatic carbocycles. The van der Waals surface area contributed by atoms with Crippen molar-refractivity contribution in [1.29, 1.82) is 5.26 Å². The first-order chi connectivity index (χ1) is 11.7. The van der Waals surface area contributed by atoms with Crippen LogP contribution >= 0.6 is 11.6 Å². The number of aliphatic imine (C=N–C) groups is 1. The number of benzene rings is 1. The lowest BCUT2D eigenvalue weighted by atomic mass is 10.1. The zero-order valence-corrected chi connectivity index (χ0v) is 13.9. The number of halogens is 1. The van der Waals surface area contributed by atoms with E-state index in [0.29, 0.717) is 16.9 Å². The lowest BCUT2D eigenvalue weighted by molar-refractivity contribution is -0.385. The van der Waals surface area contributed by atoms with Crippen molar-refractivity contribution in [2.24, 2.45) is 4.99 Å². The molecule has 0 unspecified atom stereocenters. The SMILES string of the molecule is CC1(C)N=C(n2cc([N+](=O)[O-])cc(Cl)c2=O)c2cc(C#N)ccc2O1. The zero-order chi connectivity index (χ0) is 18.4. The topological polar surface area (TPSA) is 111 Å². The molecule has 9 heteroatoms. The Kier molecular flexibility index (Phi) is 3.81. The summed E-state index contributed by atoms with van der Waals surface area (Å²) in [6.07, 6.45) is 1.05. The van der Waals surface area contributed by atoms with Crippen molar-refractivity contribution in [1.82, 2.24) is 4.57 Å². The quantitative estimate of drug-likeness (QED) is 0.574. The Balaban J connectivity index is 2.33. The lowest BCUT2D eigenvalue weighted by Gasteiger charge is -2.30. The van der Waals surface area contributed by atoms with Crippen molar-refractivity contribution < 1.29 is 9.66 Å². The van der Waals surface area contributed by atoms with E-state index in [4.69, 9.17) is 21.6 Å². The van der Waals surface area contributed by atoms with Crippen LogP contribution < -0.4 is 10.3 Å². The van der Waals surface area contributed by atoms with E-state index in [0.717, 1.165) is 16.8 Å². The van der Waals surface area contributed by atoms with Gasteiger partial charge in [-0.3, -0.25) is 19.5 Å². The molecule has 1 aliphatic heterocycles. The van der Waals surface area contributed by atoms with E-state index in [1.54, 1.807) is 26.0 Å². The summed E-state index contributed by atoms with van der Waals surface area (Å²) >= 11 is 5.86. The monoisotopic (exact) mass is 358 g/mol. The molecule has 0 spiro atoms. The number of pyridine rings is 1. The number of nitriles is 1. The summed E-state index contributed by atoms with van der Waals surface area (Å²) in [5, 5.41) is 19.9. The predicted octanol–water partition coefficient (Wildman–Crippen LogP) is 2.70. The van der Waals surface area contributed by atoms with Gasteiger partial charge in [0.1, 0.15) is 16.6 Å². The van der Waals surface area contributed by atoms with Gasteiger partial charge in [-0.25, -0.2) is 4.99 Å². The van der Waals surface area contributed by atoms with Crippen LogP contribution in [0.3, 0.4) is 0 Å². The van der Waals surface area contributed by atoms with Gasteiger partial charge in [0, 0.05) is 6.07 Å². The Morgan fingerprint density at radius 2 is 2.12 bits per heavy atom. The van der Waals surface area contributed by atoms with Gasteiger partial charge in [-0.05, 0) is 32.0 Å². The number of nitrogens with zero attached hydrogens (tertiary/aromatic N) is 4. The first kappa shape index (κ1) is 16.7. The molecule has 0 atom stereocenters. The van der Waals surface area contributed by atoms with Crippen molar-refractivity contribution in [3.05, 3.63) is 67.1 Å². The van der Waals surface area contributed by atoms with Gasteiger partial charge < -0.3 is 4.74 Å². The molecule has 2 heterocycles. The Bertz CT molecular complexity index is 1030. The molecule has 1 aliphatic rings. The first-order valence-corrected chi connectivity index (χ1v) is 7.50. The van der Waals surface area contributed by atoms with Crippen LogP contribution in [0.25, 0.3) is 0 Å². The fourth-order valence-corrected chi connectivity index (χ4v) is 2.65. The van der Waals surface area contributed by atoms with Gasteiger partial charge in [0.2, 0.25) is 0 Å². The van der Waals surface area contributed by atoms with Gasteiger partial charge in [0.05, 0.1) is 28.3 Å². The molecule has 0 saturated heterocycles. The number of fused-ring (bicyclic) bond motifs is 1. The second-order valence-corrected chi connectivity index (χ2v) is 6.19. The van der Waals surface area contributed by atoms with Gasteiger partial charge in [0.15, 0.2) is 5.72 Å². The van der Waals surface area contributed by atoms with E-state index < -0.39 is 16.2 Å². The van der Waals surface area contributed by atoms with Gasteiger partial charge in [-0.15, -0.1) is 0 Å². The smallest absolute Gasteiger partial charge is 0.287 e. The highest BCUT2D eigenvalue weighted by Gasteiger charge is 2.30.